The SMILES string of the molecule is CCOC(=O)c1sc(=NC(=O)c2ccnn2C)n(C)c1C. The highest BCUT2D eigenvalue weighted by Crippen LogP contribution is 2.12. The number of aromatic nitrogens is 3. The molecule has 0 aliphatic heterocycles. The number of carbonyl (C=O) groups is 2. The Balaban J connectivity index is 2.43. The minimum Gasteiger partial charge on any atom is -0.462 e. The lowest BCUT2D eigenvalue weighted by atomic mass is 10.4. The Bertz CT molecular complexity index is 754. The topological polar surface area (TPSA) is 78.5 Å². The Morgan fingerprint density at radius 3 is 2.71 bits per heavy atom. The van der Waals surface area contributed by atoms with Crippen molar-refractivity contribution < 1.29 is 14.3 Å². The van der Waals surface area contributed by atoms with Crippen molar-refractivity contribution in [1.29, 1.82) is 0 Å². The molecule has 0 aliphatic rings. The van der Waals surface area contributed by atoms with Gasteiger partial charge in [0.15, 0.2) is 4.80 Å². The van der Waals surface area contributed by atoms with Crippen LogP contribution in [0, 0.1) is 6.92 Å². The largest absolute Gasteiger partial charge is 0.462 e. The number of ether oxygens (including phenoxy) is 1. The van der Waals surface area contributed by atoms with Crippen molar-refractivity contribution in [1.82, 2.24) is 14.3 Å². The first-order chi connectivity index (χ1) is 9.95. The van der Waals surface area contributed by atoms with E-state index in [4.69, 9.17) is 4.74 Å². The van der Waals surface area contributed by atoms with Crippen molar-refractivity contribution in [2.45, 2.75) is 13.8 Å². The van der Waals surface area contributed by atoms with E-state index in [0.29, 0.717) is 22.0 Å². The smallest absolute Gasteiger partial charge is 0.350 e. The molecule has 112 valence electrons. The van der Waals surface area contributed by atoms with Gasteiger partial charge in [-0.15, -0.1) is 0 Å². The molecular weight excluding hydrogens is 292 g/mol. The summed E-state index contributed by atoms with van der Waals surface area (Å²) in [5.41, 5.74) is 1.11. The van der Waals surface area contributed by atoms with Gasteiger partial charge in [0.1, 0.15) is 10.6 Å². The second-order valence-corrected chi connectivity index (χ2v) is 5.31. The number of thiazole rings is 1. The first-order valence-corrected chi connectivity index (χ1v) is 7.18. The summed E-state index contributed by atoms with van der Waals surface area (Å²) >= 11 is 1.14. The zero-order chi connectivity index (χ0) is 15.6. The lowest BCUT2D eigenvalue weighted by Gasteiger charge is -2.00. The maximum atomic E-state index is 12.1. The molecule has 2 aromatic rings. The van der Waals surface area contributed by atoms with E-state index in [9.17, 15) is 9.59 Å². The van der Waals surface area contributed by atoms with E-state index < -0.39 is 11.9 Å². The summed E-state index contributed by atoms with van der Waals surface area (Å²) in [4.78, 5) is 28.9. The van der Waals surface area contributed by atoms with Crippen molar-refractivity contribution in [2.75, 3.05) is 6.61 Å². The summed E-state index contributed by atoms with van der Waals surface area (Å²) in [6.45, 7) is 3.84. The average Bonchev–Trinajstić information content (AvgIpc) is 2.98. The van der Waals surface area contributed by atoms with Crippen LogP contribution in [0.2, 0.25) is 0 Å². The van der Waals surface area contributed by atoms with Gasteiger partial charge in [-0.25, -0.2) is 4.79 Å². The lowest BCUT2D eigenvalue weighted by molar-refractivity contribution is 0.0530. The molecule has 1 amide bonds. The van der Waals surface area contributed by atoms with Gasteiger partial charge in [-0.1, -0.05) is 11.3 Å². The second kappa shape index (κ2) is 6.04. The molecule has 7 nitrogen and oxygen atoms in total. The Hall–Kier alpha value is -2.22. The molecule has 21 heavy (non-hydrogen) atoms. The molecule has 0 bridgehead atoms. The van der Waals surface area contributed by atoms with Crippen LogP contribution < -0.4 is 4.80 Å². The van der Waals surface area contributed by atoms with Gasteiger partial charge in [-0.05, 0) is 19.9 Å². The van der Waals surface area contributed by atoms with Crippen LogP contribution in [0.1, 0.15) is 32.8 Å². The number of carbonyl (C=O) groups excluding carboxylic acids is 2. The van der Waals surface area contributed by atoms with E-state index >= 15 is 0 Å². The molecule has 2 heterocycles. The van der Waals surface area contributed by atoms with E-state index in [1.807, 2.05) is 0 Å². The third-order valence-electron chi connectivity index (χ3n) is 3.01. The molecule has 2 rings (SSSR count). The Labute approximate surface area is 125 Å². The van der Waals surface area contributed by atoms with Gasteiger partial charge in [0.2, 0.25) is 0 Å². The maximum absolute atomic E-state index is 12.1. The second-order valence-electron chi connectivity index (χ2n) is 4.34. The van der Waals surface area contributed by atoms with Crippen molar-refractivity contribution in [2.24, 2.45) is 19.1 Å². The van der Waals surface area contributed by atoms with Gasteiger partial charge >= 0.3 is 5.97 Å². The predicted octanol–water partition coefficient (Wildman–Crippen LogP) is 1.05. The predicted molar refractivity (Wildman–Crippen MR) is 77.1 cm³/mol. The van der Waals surface area contributed by atoms with E-state index in [1.165, 1.54) is 10.9 Å². The molecule has 0 radical (unpaired) electrons. The highest BCUT2D eigenvalue weighted by molar-refractivity contribution is 7.11. The number of rotatable bonds is 3. The zero-order valence-electron chi connectivity index (χ0n) is 12.3. The van der Waals surface area contributed by atoms with Crippen LogP contribution in [0.25, 0.3) is 0 Å². The Kier molecular flexibility index (Phi) is 4.37. The highest BCUT2D eigenvalue weighted by atomic mass is 32.1. The van der Waals surface area contributed by atoms with Crippen molar-refractivity contribution in [3.8, 4) is 0 Å². The summed E-state index contributed by atoms with van der Waals surface area (Å²) in [5, 5.41) is 3.94. The van der Waals surface area contributed by atoms with Gasteiger partial charge in [-0.3, -0.25) is 9.48 Å². The summed E-state index contributed by atoms with van der Waals surface area (Å²) in [7, 11) is 3.43. The number of nitrogens with zero attached hydrogens (tertiary/aromatic N) is 4. The van der Waals surface area contributed by atoms with Crippen LogP contribution in [0.3, 0.4) is 0 Å². The Morgan fingerprint density at radius 1 is 1.43 bits per heavy atom. The van der Waals surface area contributed by atoms with E-state index in [0.717, 1.165) is 17.0 Å². The van der Waals surface area contributed by atoms with E-state index in [1.54, 1.807) is 38.6 Å². The van der Waals surface area contributed by atoms with Gasteiger partial charge in [0.25, 0.3) is 5.91 Å². The molecule has 0 fully saturated rings. The van der Waals surface area contributed by atoms with Crippen molar-refractivity contribution >= 4 is 23.2 Å². The number of esters is 1. The monoisotopic (exact) mass is 308 g/mol. The minimum absolute atomic E-state index is 0.306. The average molecular weight is 308 g/mol. The third kappa shape index (κ3) is 2.94. The van der Waals surface area contributed by atoms with Crippen LogP contribution in [0.15, 0.2) is 17.3 Å². The standard InChI is InChI=1S/C13H16N4O3S/c1-5-20-12(19)10-8(2)16(3)13(21-10)15-11(18)9-6-7-14-17(9)4/h6-7H,5H2,1-4H3. The van der Waals surface area contributed by atoms with Gasteiger partial charge in [0.05, 0.1) is 6.61 Å². The molecular formula is C13H16N4O3S. The van der Waals surface area contributed by atoms with Gasteiger partial charge in [0, 0.05) is 26.0 Å². The summed E-state index contributed by atoms with van der Waals surface area (Å²) in [5.74, 6) is -0.799. The van der Waals surface area contributed by atoms with Crippen LogP contribution in [-0.4, -0.2) is 32.8 Å². The van der Waals surface area contributed by atoms with Gasteiger partial charge < -0.3 is 9.30 Å². The summed E-state index contributed by atoms with van der Waals surface area (Å²) in [6, 6.07) is 1.60. The number of aryl methyl sites for hydroxylation is 1. The molecule has 0 N–H and O–H groups in total. The number of amides is 1. The molecule has 0 spiro atoms. The van der Waals surface area contributed by atoms with Crippen LogP contribution in [0.5, 0.6) is 0 Å². The normalized spacial score (nSPS) is 11.7. The van der Waals surface area contributed by atoms with Crippen LogP contribution >= 0.6 is 11.3 Å². The van der Waals surface area contributed by atoms with Gasteiger partial charge in [-0.2, -0.15) is 10.1 Å². The van der Waals surface area contributed by atoms with Crippen molar-refractivity contribution in [3.63, 3.8) is 0 Å². The molecule has 0 atom stereocenters. The minimum atomic E-state index is -0.401. The molecule has 0 aromatic carbocycles. The molecule has 0 unspecified atom stereocenters. The molecule has 8 heteroatoms. The first-order valence-electron chi connectivity index (χ1n) is 6.36. The first kappa shape index (κ1) is 15.2. The fourth-order valence-corrected chi connectivity index (χ4v) is 2.75. The molecule has 0 saturated heterocycles. The fraction of sp³-hybridized carbons (Fsp3) is 0.385. The Morgan fingerprint density at radius 2 is 2.14 bits per heavy atom. The fourth-order valence-electron chi connectivity index (χ4n) is 1.74. The number of hydrogen-bond acceptors (Lipinski definition) is 5. The van der Waals surface area contributed by atoms with E-state index in [-0.39, 0.29) is 0 Å². The third-order valence-corrected chi connectivity index (χ3v) is 4.22. The molecule has 2 aromatic heterocycles. The summed E-state index contributed by atoms with van der Waals surface area (Å²) in [6.07, 6.45) is 1.53. The zero-order valence-corrected chi connectivity index (χ0v) is 13.1. The number of hydrogen-bond donors (Lipinski definition) is 0. The molecule has 0 aliphatic carbocycles. The molecule has 0 saturated carbocycles. The maximum Gasteiger partial charge on any atom is 0.350 e. The highest BCUT2D eigenvalue weighted by Gasteiger charge is 2.17. The lowest BCUT2D eigenvalue weighted by Crippen LogP contribution is -2.16. The van der Waals surface area contributed by atoms with Crippen LogP contribution in [-0.2, 0) is 18.8 Å². The van der Waals surface area contributed by atoms with E-state index in [2.05, 4.69) is 10.1 Å². The quantitative estimate of drug-likeness (QED) is 0.794. The summed E-state index contributed by atoms with van der Waals surface area (Å²) < 4.78 is 8.15. The van der Waals surface area contributed by atoms with Crippen LogP contribution in [0.4, 0.5) is 0 Å². The van der Waals surface area contributed by atoms with Crippen molar-refractivity contribution in [3.05, 3.63) is 33.3 Å².